The molecule has 102 valence electrons. The summed E-state index contributed by atoms with van der Waals surface area (Å²) in [6.07, 6.45) is 2.59. The van der Waals surface area contributed by atoms with Crippen molar-refractivity contribution in [1.29, 1.82) is 0 Å². The van der Waals surface area contributed by atoms with E-state index >= 15 is 0 Å². The Hall–Kier alpha value is -2.11. The minimum absolute atomic E-state index is 0.231. The fourth-order valence-electron chi connectivity index (χ4n) is 1.95. The first-order valence-electron chi connectivity index (χ1n) is 6.46. The number of carbonyl (C=O) groups excluding carboxylic acids is 1. The molecule has 0 aliphatic heterocycles. The number of hydrogen-bond acceptors (Lipinski definition) is 4. The predicted octanol–water partition coefficient (Wildman–Crippen LogP) is 2.47. The van der Waals surface area contributed by atoms with Crippen molar-refractivity contribution >= 4 is 11.7 Å². The Labute approximate surface area is 111 Å². The van der Waals surface area contributed by atoms with E-state index in [0.29, 0.717) is 29.3 Å². The molecular weight excluding hydrogens is 244 g/mol. The van der Waals surface area contributed by atoms with Crippen LogP contribution in [-0.2, 0) is 12.8 Å². The Kier molecular flexibility index (Phi) is 3.99. The van der Waals surface area contributed by atoms with Crippen LogP contribution in [0, 0.1) is 6.92 Å². The molecule has 0 saturated heterocycles. The van der Waals surface area contributed by atoms with E-state index in [2.05, 4.69) is 27.6 Å². The second kappa shape index (κ2) is 5.69. The molecule has 19 heavy (non-hydrogen) atoms. The molecule has 6 heteroatoms. The van der Waals surface area contributed by atoms with Crippen LogP contribution in [0.2, 0.25) is 0 Å². The molecule has 0 aromatic carbocycles. The Morgan fingerprint density at radius 3 is 2.95 bits per heavy atom. The monoisotopic (exact) mass is 262 g/mol. The van der Waals surface area contributed by atoms with Gasteiger partial charge in [-0.25, -0.2) is 0 Å². The zero-order valence-electron chi connectivity index (χ0n) is 11.4. The third-order valence-electron chi connectivity index (χ3n) is 2.89. The zero-order valence-corrected chi connectivity index (χ0v) is 11.4. The zero-order chi connectivity index (χ0) is 13.8. The van der Waals surface area contributed by atoms with Gasteiger partial charge in [0.15, 0.2) is 5.82 Å². The number of aryl methyl sites for hydroxylation is 3. The smallest absolute Gasteiger partial charge is 0.262 e. The van der Waals surface area contributed by atoms with Crippen molar-refractivity contribution in [3.63, 3.8) is 0 Å². The Morgan fingerprint density at radius 2 is 2.26 bits per heavy atom. The summed E-state index contributed by atoms with van der Waals surface area (Å²) in [4.78, 5) is 12.2. The largest absolute Gasteiger partial charge is 0.361 e. The number of H-pyrrole nitrogens is 1. The first kappa shape index (κ1) is 13.3. The molecule has 0 saturated carbocycles. The van der Waals surface area contributed by atoms with Crippen LogP contribution in [0.1, 0.15) is 47.8 Å². The maximum absolute atomic E-state index is 12.2. The molecule has 0 aliphatic carbocycles. The standard InChI is InChI=1S/C13H18N4O2/c1-4-6-9-7-11(16-15-9)14-13(18)12-8(3)19-17-10(12)5-2/h7H,4-6H2,1-3H3,(H2,14,15,16,18). The minimum Gasteiger partial charge on any atom is -0.361 e. The maximum atomic E-state index is 12.2. The minimum atomic E-state index is -0.231. The Bertz CT molecular complexity index is 571. The number of rotatable bonds is 5. The molecule has 0 spiro atoms. The first-order valence-corrected chi connectivity index (χ1v) is 6.46. The number of aromatic nitrogens is 3. The highest BCUT2D eigenvalue weighted by Crippen LogP contribution is 2.16. The van der Waals surface area contributed by atoms with Gasteiger partial charge in [0.05, 0.1) is 5.69 Å². The topological polar surface area (TPSA) is 83.8 Å². The SMILES string of the molecule is CCCc1cc(NC(=O)c2c(CC)noc2C)n[nH]1. The molecule has 2 rings (SSSR count). The summed E-state index contributed by atoms with van der Waals surface area (Å²) in [7, 11) is 0. The molecule has 0 aliphatic rings. The fourth-order valence-corrected chi connectivity index (χ4v) is 1.95. The van der Waals surface area contributed by atoms with E-state index in [-0.39, 0.29) is 5.91 Å². The van der Waals surface area contributed by atoms with Crippen LogP contribution in [0.4, 0.5) is 5.82 Å². The maximum Gasteiger partial charge on any atom is 0.262 e. The molecule has 2 heterocycles. The molecular formula is C13H18N4O2. The van der Waals surface area contributed by atoms with Gasteiger partial charge in [0.2, 0.25) is 0 Å². The van der Waals surface area contributed by atoms with Crippen LogP contribution in [0.25, 0.3) is 0 Å². The van der Waals surface area contributed by atoms with Gasteiger partial charge < -0.3 is 9.84 Å². The highest BCUT2D eigenvalue weighted by molar-refractivity contribution is 6.05. The molecule has 0 unspecified atom stereocenters. The van der Waals surface area contributed by atoms with Crippen LogP contribution in [0.3, 0.4) is 0 Å². The molecule has 2 aromatic rings. The predicted molar refractivity (Wildman–Crippen MR) is 71.2 cm³/mol. The van der Waals surface area contributed by atoms with Gasteiger partial charge >= 0.3 is 0 Å². The molecule has 0 radical (unpaired) electrons. The lowest BCUT2D eigenvalue weighted by molar-refractivity contribution is 0.102. The summed E-state index contributed by atoms with van der Waals surface area (Å²) < 4.78 is 5.05. The van der Waals surface area contributed by atoms with Crippen molar-refractivity contribution in [3.8, 4) is 0 Å². The number of carbonyl (C=O) groups is 1. The molecule has 2 N–H and O–H groups in total. The molecule has 1 amide bonds. The average molecular weight is 262 g/mol. The molecule has 0 bridgehead atoms. The lowest BCUT2D eigenvalue weighted by Crippen LogP contribution is -2.14. The number of nitrogens with one attached hydrogen (secondary N) is 2. The van der Waals surface area contributed by atoms with Gasteiger partial charge in [0.25, 0.3) is 5.91 Å². The highest BCUT2D eigenvalue weighted by atomic mass is 16.5. The Balaban J connectivity index is 2.13. The van der Waals surface area contributed by atoms with Crippen LogP contribution >= 0.6 is 0 Å². The van der Waals surface area contributed by atoms with Crippen LogP contribution in [-0.4, -0.2) is 21.3 Å². The second-order valence-electron chi connectivity index (χ2n) is 4.40. The number of hydrogen-bond donors (Lipinski definition) is 2. The van der Waals surface area contributed by atoms with Crippen molar-refractivity contribution in [3.05, 3.63) is 28.8 Å². The van der Waals surface area contributed by atoms with Crippen LogP contribution in [0.5, 0.6) is 0 Å². The lowest BCUT2D eigenvalue weighted by atomic mass is 10.1. The summed E-state index contributed by atoms with van der Waals surface area (Å²) in [5, 5.41) is 13.6. The quantitative estimate of drug-likeness (QED) is 0.867. The third-order valence-corrected chi connectivity index (χ3v) is 2.89. The van der Waals surface area contributed by atoms with Gasteiger partial charge in [-0.15, -0.1) is 0 Å². The normalized spacial score (nSPS) is 10.7. The van der Waals surface area contributed by atoms with Crippen LogP contribution in [0.15, 0.2) is 10.6 Å². The summed E-state index contributed by atoms with van der Waals surface area (Å²) in [5.74, 6) is 0.819. The van der Waals surface area contributed by atoms with Crippen molar-refractivity contribution in [2.24, 2.45) is 0 Å². The van der Waals surface area contributed by atoms with Gasteiger partial charge in [-0.1, -0.05) is 25.4 Å². The van der Waals surface area contributed by atoms with Gasteiger partial charge in [0.1, 0.15) is 11.3 Å². The average Bonchev–Trinajstić information content (AvgIpc) is 2.96. The summed E-state index contributed by atoms with van der Waals surface area (Å²) in [6, 6.07) is 1.84. The lowest BCUT2D eigenvalue weighted by Gasteiger charge is -2.01. The third kappa shape index (κ3) is 2.83. The van der Waals surface area contributed by atoms with E-state index in [1.165, 1.54) is 0 Å². The van der Waals surface area contributed by atoms with E-state index in [4.69, 9.17) is 4.52 Å². The number of anilines is 1. The van der Waals surface area contributed by atoms with Gasteiger partial charge in [0, 0.05) is 11.8 Å². The number of amides is 1. The van der Waals surface area contributed by atoms with E-state index in [9.17, 15) is 4.79 Å². The molecule has 2 aromatic heterocycles. The molecule has 0 atom stereocenters. The van der Waals surface area contributed by atoms with Crippen molar-refractivity contribution in [2.75, 3.05) is 5.32 Å². The summed E-state index contributed by atoms with van der Waals surface area (Å²) >= 11 is 0. The molecule has 0 fully saturated rings. The second-order valence-corrected chi connectivity index (χ2v) is 4.40. The van der Waals surface area contributed by atoms with E-state index in [1.54, 1.807) is 6.92 Å². The fraction of sp³-hybridized carbons (Fsp3) is 0.462. The van der Waals surface area contributed by atoms with Crippen molar-refractivity contribution < 1.29 is 9.32 Å². The highest BCUT2D eigenvalue weighted by Gasteiger charge is 2.19. The summed E-state index contributed by atoms with van der Waals surface area (Å²) in [6.45, 7) is 5.75. The van der Waals surface area contributed by atoms with Gasteiger partial charge in [-0.2, -0.15) is 5.10 Å². The summed E-state index contributed by atoms with van der Waals surface area (Å²) in [5.41, 5.74) is 2.18. The van der Waals surface area contributed by atoms with E-state index < -0.39 is 0 Å². The number of aromatic amines is 1. The van der Waals surface area contributed by atoms with Gasteiger partial charge in [-0.05, 0) is 19.8 Å². The van der Waals surface area contributed by atoms with E-state index in [0.717, 1.165) is 18.5 Å². The van der Waals surface area contributed by atoms with Crippen molar-refractivity contribution in [1.82, 2.24) is 15.4 Å². The van der Waals surface area contributed by atoms with Crippen LogP contribution < -0.4 is 5.32 Å². The van der Waals surface area contributed by atoms with Gasteiger partial charge in [-0.3, -0.25) is 9.89 Å². The Morgan fingerprint density at radius 1 is 1.47 bits per heavy atom. The van der Waals surface area contributed by atoms with Crippen molar-refractivity contribution in [2.45, 2.75) is 40.0 Å². The van der Waals surface area contributed by atoms with E-state index in [1.807, 2.05) is 13.0 Å². The number of nitrogens with zero attached hydrogens (tertiary/aromatic N) is 2. The first-order chi connectivity index (χ1) is 9.15. The molecule has 6 nitrogen and oxygen atoms in total.